The first-order valence-corrected chi connectivity index (χ1v) is 48.5. The highest BCUT2D eigenvalue weighted by Crippen LogP contribution is 2.42. The van der Waals surface area contributed by atoms with Crippen molar-refractivity contribution in [2.24, 2.45) is 67.0 Å². The number of ether oxygens (including phenoxy) is 10. The lowest BCUT2D eigenvalue weighted by atomic mass is 9.76. The third-order valence-corrected chi connectivity index (χ3v) is 23.3. The first-order chi connectivity index (χ1) is 65.0. The fraction of sp³-hybridized carbons (Fsp3) is 0.721. The topological polar surface area (TPSA) is 506 Å². The number of methoxy groups -OCH3 is 6. The number of H-pyrrole nitrogens is 1. The van der Waals surface area contributed by atoms with Gasteiger partial charge in [-0.15, -0.1) is 0 Å². The molecule has 2 aromatic heterocycles. The van der Waals surface area contributed by atoms with Gasteiger partial charge in [-0.2, -0.15) is 0 Å². The number of aliphatic hydroxyl groups excluding tert-OH is 1. The molecule has 8 amide bonds. The Morgan fingerprint density at radius 3 is 1.21 bits per heavy atom. The molecule has 9 unspecified atom stereocenters. The van der Waals surface area contributed by atoms with E-state index in [0.717, 1.165) is 93.3 Å². The Morgan fingerprint density at radius 2 is 0.865 bits per heavy atom. The summed E-state index contributed by atoms with van der Waals surface area (Å²) >= 11 is 0. The monoisotopic (exact) mass is 1990 g/mol. The summed E-state index contributed by atoms with van der Waals surface area (Å²) < 4.78 is 48.1. The minimum absolute atomic E-state index is 0.00181. The Balaban J connectivity index is 0.000000797. The number of amides is 8. The second-order valence-corrected chi connectivity index (χ2v) is 45.0. The average molecular weight is 1990 g/mol. The molecule has 37 nitrogen and oxygen atoms in total. The van der Waals surface area contributed by atoms with Gasteiger partial charge in [0.25, 0.3) is 0 Å². The van der Waals surface area contributed by atoms with Crippen LogP contribution in [0.5, 0.6) is 0 Å². The van der Waals surface area contributed by atoms with E-state index in [1.165, 1.54) is 49.1 Å². The van der Waals surface area contributed by atoms with Crippen molar-refractivity contribution in [2.45, 2.75) is 324 Å². The summed E-state index contributed by atoms with van der Waals surface area (Å²) in [5.74, 6) is 1.73. The summed E-state index contributed by atoms with van der Waals surface area (Å²) in [4.78, 5) is 187. The molecule has 3 aromatic rings. The highest BCUT2D eigenvalue weighted by Gasteiger charge is 2.55. The Morgan fingerprint density at radius 1 is 0.454 bits per heavy atom. The average Bonchev–Trinajstić information content (AvgIpc) is 1.61. The quantitative estimate of drug-likeness (QED) is 0.0443. The third-order valence-electron chi connectivity index (χ3n) is 23.3. The van der Waals surface area contributed by atoms with Gasteiger partial charge in [0.2, 0.25) is 5.91 Å². The lowest BCUT2D eigenvalue weighted by Crippen LogP contribution is -2.51. The first kappa shape index (κ1) is 128. The zero-order chi connectivity index (χ0) is 108. The summed E-state index contributed by atoms with van der Waals surface area (Å²) in [6.07, 6.45) is 12.6. The van der Waals surface area contributed by atoms with Crippen LogP contribution < -0.4 is 42.5 Å². The van der Waals surface area contributed by atoms with Gasteiger partial charge in [0, 0.05) is 106 Å². The molecule has 0 bridgehead atoms. The third kappa shape index (κ3) is 47.5. The molecule has 141 heavy (non-hydrogen) atoms. The molecular formula is C104H173N11O26. The molecule has 0 spiro atoms. The molecule has 1 aromatic carbocycles. The Labute approximate surface area is 837 Å². The van der Waals surface area contributed by atoms with Crippen molar-refractivity contribution >= 4 is 89.0 Å². The second-order valence-electron chi connectivity index (χ2n) is 45.0. The molecule has 2 aliphatic carbocycles. The Hall–Kier alpha value is -10.5. The van der Waals surface area contributed by atoms with Gasteiger partial charge >= 0.3 is 42.7 Å². The largest absolute Gasteiger partial charge is 0.453 e. The van der Waals surface area contributed by atoms with Crippen LogP contribution in [0.25, 0.3) is 11.3 Å². The van der Waals surface area contributed by atoms with Crippen LogP contribution in [0, 0.1) is 67.0 Å². The summed E-state index contributed by atoms with van der Waals surface area (Å²) in [7, 11) is 7.80. The molecular weight excluding hydrogens is 1820 g/mol. The van der Waals surface area contributed by atoms with Crippen LogP contribution in [0.4, 0.5) is 33.6 Å². The Bertz CT molecular complexity index is 4350. The van der Waals surface area contributed by atoms with Crippen molar-refractivity contribution in [3.8, 4) is 11.3 Å². The van der Waals surface area contributed by atoms with Gasteiger partial charge in [-0.1, -0.05) is 237 Å². The van der Waals surface area contributed by atoms with E-state index in [9.17, 15) is 71.9 Å². The van der Waals surface area contributed by atoms with E-state index in [-0.39, 0.29) is 100 Å². The van der Waals surface area contributed by atoms with Crippen LogP contribution in [-0.4, -0.2) is 246 Å². The number of benzene rings is 1. The number of nitrogens with zero attached hydrogens (tertiary/aromatic N) is 2. The number of aromatic amines is 1. The normalized spacial score (nSPS) is 18.4. The van der Waals surface area contributed by atoms with Crippen molar-refractivity contribution in [1.82, 2.24) is 57.5 Å². The van der Waals surface area contributed by atoms with E-state index in [2.05, 4.69) is 111 Å². The van der Waals surface area contributed by atoms with Gasteiger partial charge in [-0.3, -0.25) is 43.3 Å². The number of hydrogen-bond acceptors (Lipinski definition) is 28. The number of hydrogen-bond donors (Lipinski definition) is 10. The molecule has 9 atom stereocenters. The maximum absolute atomic E-state index is 12.5. The lowest BCUT2D eigenvalue weighted by Gasteiger charge is -2.35. The summed E-state index contributed by atoms with van der Waals surface area (Å²) in [5.41, 5.74) is -1.39. The zero-order valence-corrected chi connectivity index (χ0v) is 90.8. The first-order valence-electron chi connectivity index (χ1n) is 48.5. The predicted octanol–water partition coefficient (Wildman–Crippen LogP) is 16.0. The lowest BCUT2D eigenvalue weighted by molar-refractivity contribution is -0.131. The number of aromatic nitrogens is 3. The van der Waals surface area contributed by atoms with E-state index in [1.807, 2.05) is 228 Å². The van der Waals surface area contributed by atoms with Gasteiger partial charge in [0.05, 0.1) is 98.0 Å². The fourth-order valence-electron chi connectivity index (χ4n) is 14.8. The number of pyridine rings is 1. The maximum atomic E-state index is 12.5. The number of nitrogens with one attached hydrogen (secondary N) is 9. The standard InChI is InChI=1S/C14H25NO4.C14H25NO3.C14H19NO3.C13H23NO4.C12H15N3.C12H21NO4.C10H17NO3.C8H13NO3.C7H15NO2/c1-9-8-10(6-7-19-9)11(15-13(17)18-5)12(16)14(2,3)4;2*1-14(2,3)12(16)11(15-13(17)18-4)10-8-6-5-7-9-10;1-13(2,3)11(15)10(14-12(16)17-4)9-5-7-18-8-6-9;1-12(2,3)11-14-8-10(15-11)9-5-4-6-13-7-9;1-12(2,3)10(14)9(13-11(15)16-4)8-5-6-17-7-8;1-9(2,3)7(12)10(5-6-10)11-8(13)14-4;1-8(2,3)6(10)5-4-12-7(11)9-5;1-7(2,3)6(10)8-4-5-9/h9-11H,6-8H2,1-5H3,(H,15,17);10-11H,5-9H2,1-4H3,(H,15,17);5-9,11H,1-4H3,(H,15,17);9-10H,5-8H2,1-4H3,(H,14,16);4-8H,1-3H3,(H,14,15);8-9H,5-7H2,1-4H3,(H,13,15);5-6H2,1-4H3,(H,11,13);5H,4H2,1-3H3,(H,9,11);9H,4-5H2,1-3H3,(H,8,10). The van der Waals surface area contributed by atoms with Gasteiger partial charge in [-0.05, 0) is 100 Å². The van der Waals surface area contributed by atoms with Crippen molar-refractivity contribution in [3.05, 3.63) is 72.4 Å². The highest BCUT2D eigenvalue weighted by molar-refractivity contribution is 5.98. The van der Waals surface area contributed by atoms with Crippen LogP contribution in [0.15, 0.2) is 61.1 Å². The van der Waals surface area contributed by atoms with E-state index < -0.39 is 122 Å². The van der Waals surface area contributed by atoms with E-state index in [1.54, 1.807) is 6.20 Å². The van der Waals surface area contributed by atoms with Gasteiger partial charge in [0.15, 0.2) is 40.5 Å². The van der Waals surface area contributed by atoms with Crippen molar-refractivity contribution < 1.29 is 124 Å². The number of carbonyl (C=O) groups excluding carboxylic acids is 15. The molecule has 2 saturated carbocycles. The summed E-state index contributed by atoms with van der Waals surface area (Å²) in [5, 5.41) is 29.3. The number of imidazole rings is 1. The van der Waals surface area contributed by atoms with Crippen molar-refractivity contribution in [3.63, 3.8) is 0 Å². The van der Waals surface area contributed by atoms with Gasteiger partial charge < -0.3 is 100.0 Å². The molecule has 6 aliphatic rings. The molecule has 9 rings (SSSR count). The van der Waals surface area contributed by atoms with Crippen LogP contribution in [0.2, 0.25) is 0 Å². The van der Waals surface area contributed by atoms with Gasteiger partial charge in [0.1, 0.15) is 30.1 Å². The predicted molar refractivity (Wildman–Crippen MR) is 536 cm³/mol. The number of aliphatic hydroxyl groups is 1. The molecule has 0 radical (unpaired) electrons. The SMILES string of the molecule is CC(C)(C)C(=O)C1COC(=O)N1.CC(C)(C)C(=O)NCCO.CC(C)(C)c1ncc(-c2cccnc2)[nH]1.COC(=O)NC(C(=O)C(C)(C)C)C1CCCCC1.COC(=O)NC(C(=O)C(C)(C)C)C1CCOC(C)C1.COC(=O)NC(C(=O)C(C)(C)C)C1CCOC1.COC(=O)NC(C(=O)C(C)(C)C)C1CCOCC1.COC(=O)NC(C(=O)C(C)(C)C)c1ccccc1.COC(=O)NC1(C(=O)C(C)(C)C)CC1. The van der Waals surface area contributed by atoms with E-state index in [0.29, 0.717) is 39.6 Å². The zero-order valence-electron chi connectivity index (χ0n) is 90.8. The molecule has 6 heterocycles. The smallest absolute Gasteiger partial charge is 0.407 e. The molecule has 4 saturated heterocycles. The molecule has 6 fully saturated rings. The van der Waals surface area contributed by atoms with Crippen LogP contribution in [-0.2, 0) is 91.1 Å². The number of alkyl carbamates (subject to hydrolysis) is 7. The maximum Gasteiger partial charge on any atom is 0.407 e. The van der Waals surface area contributed by atoms with Crippen LogP contribution in [0.1, 0.15) is 288 Å². The number of cyclic esters (lactones) is 1. The molecule has 10 N–H and O–H groups in total. The fourth-order valence-corrected chi connectivity index (χ4v) is 14.8. The number of Topliss-reactive ketones (excluding diaryl/α,β-unsaturated/α-hetero) is 7. The van der Waals surface area contributed by atoms with Gasteiger partial charge in [-0.25, -0.2) is 38.5 Å². The minimum atomic E-state index is -0.682. The summed E-state index contributed by atoms with van der Waals surface area (Å²) in [6.45, 7) is 56.4. The second kappa shape index (κ2) is 58.9. The number of carbonyl (C=O) groups is 15. The highest BCUT2D eigenvalue weighted by atomic mass is 16.6. The summed E-state index contributed by atoms with van der Waals surface area (Å²) in [6, 6.07) is 10.0. The van der Waals surface area contributed by atoms with E-state index in [4.69, 9.17) is 19.3 Å². The molecule has 37 heteroatoms. The van der Waals surface area contributed by atoms with Crippen molar-refractivity contribution in [2.75, 3.05) is 95.5 Å². The van der Waals surface area contributed by atoms with Crippen LogP contribution >= 0.6 is 0 Å². The number of rotatable bonds is 21. The minimum Gasteiger partial charge on any atom is -0.453 e. The van der Waals surface area contributed by atoms with Crippen LogP contribution in [0.3, 0.4) is 0 Å². The van der Waals surface area contributed by atoms with E-state index >= 15 is 0 Å². The number of ketones is 7. The molecule has 800 valence electrons. The Kier molecular flexibility index (Phi) is 53.7. The van der Waals surface area contributed by atoms with Crippen molar-refractivity contribution in [1.29, 1.82) is 0 Å². The molecule has 4 aliphatic heterocycles.